The van der Waals surface area contributed by atoms with Crippen molar-refractivity contribution in [1.29, 1.82) is 0 Å². The first-order chi connectivity index (χ1) is 4.09. The zero-order valence-corrected chi connectivity index (χ0v) is 8.42. The Labute approximate surface area is 72.6 Å². The van der Waals surface area contributed by atoms with Gasteiger partial charge in [0.1, 0.15) is 0 Å². The second kappa shape index (κ2) is 4.07. The summed E-state index contributed by atoms with van der Waals surface area (Å²) in [4.78, 5) is 0. The Bertz CT molecular complexity index is 166. The number of allylic oxidation sites excluding steroid dienone is 4. The molecule has 0 rings (SSSR count). The van der Waals surface area contributed by atoms with Crippen LogP contribution in [-0.2, 0) is 0 Å². The minimum Gasteiger partial charge on any atom is -0.0979 e. The normalized spacial score (nSPS) is 12.3. The van der Waals surface area contributed by atoms with Crippen LogP contribution in [0.5, 0.6) is 0 Å². The van der Waals surface area contributed by atoms with E-state index in [0.717, 1.165) is 14.5 Å². The number of halogens is 2. The van der Waals surface area contributed by atoms with Gasteiger partial charge in [0.15, 0.2) is 0 Å². The lowest BCUT2D eigenvalue weighted by Gasteiger charge is -1.96. The van der Waals surface area contributed by atoms with Crippen LogP contribution in [0, 0.1) is 0 Å². The van der Waals surface area contributed by atoms with Gasteiger partial charge in [0.2, 0.25) is 0 Å². The maximum absolute atomic E-state index is 3.71. The van der Waals surface area contributed by atoms with Gasteiger partial charge in [-0.3, -0.25) is 0 Å². The highest BCUT2D eigenvalue weighted by molar-refractivity contribution is 9.12. The lowest BCUT2D eigenvalue weighted by atomic mass is 10.3. The Morgan fingerprint density at radius 3 is 2.00 bits per heavy atom. The van der Waals surface area contributed by atoms with Crippen molar-refractivity contribution < 1.29 is 0 Å². The topological polar surface area (TPSA) is 0 Å². The van der Waals surface area contributed by atoms with E-state index in [4.69, 9.17) is 0 Å². The van der Waals surface area contributed by atoms with Crippen molar-refractivity contribution in [2.24, 2.45) is 0 Å². The minimum atomic E-state index is 0.884. The Hall–Kier alpha value is 0.180. The predicted molar refractivity (Wildman–Crippen MR) is 49.9 cm³/mol. The molecule has 50 valence electrons. The molecule has 0 aromatic heterocycles. The van der Waals surface area contributed by atoms with Crippen molar-refractivity contribution in [2.45, 2.75) is 6.92 Å². The van der Waals surface area contributed by atoms with E-state index in [0.29, 0.717) is 0 Å². The van der Waals surface area contributed by atoms with Gasteiger partial charge in [-0.15, -0.1) is 0 Å². The average Bonchev–Trinajstić information content (AvgIpc) is 1.84. The zero-order valence-electron chi connectivity index (χ0n) is 5.25. The number of hydrogen-bond acceptors (Lipinski definition) is 0. The van der Waals surface area contributed by atoms with E-state index in [1.165, 1.54) is 0 Å². The molecule has 0 fully saturated rings. The van der Waals surface area contributed by atoms with Crippen LogP contribution in [0.3, 0.4) is 0 Å². The molecule has 9 heavy (non-hydrogen) atoms. The summed E-state index contributed by atoms with van der Waals surface area (Å²) in [6, 6.07) is 0. The SMILES string of the molecule is C=C/C(Br)=C(/C)C(=C)Br. The fourth-order valence-corrected chi connectivity index (χ4v) is 1.00. The molecule has 0 spiro atoms. The number of hydrogen-bond donors (Lipinski definition) is 0. The molecular formula is C7H8Br2. The van der Waals surface area contributed by atoms with Crippen LogP contribution in [-0.4, -0.2) is 0 Å². The fourth-order valence-electron chi connectivity index (χ4n) is 0.283. The molecule has 0 atom stereocenters. The van der Waals surface area contributed by atoms with Gasteiger partial charge in [0.25, 0.3) is 0 Å². The van der Waals surface area contributed by atoms with Crippen LogP contribution < -0.4 is 0 Å². The van der Waals surface area contributed by atoms with E-state index in [2.05, 4.69) is 45.0 Å². The average molecular weight is 252 g/mol. The summed E-state index contributed by atoms with van der Waals surface area (Å²) in [5, 5.41) is 0. The molecule has 0 amide bonds. The first-order valence-corrected chi connectivity index (χ1v) is 4.01. The van der Waals surface area contributed by atoms with Crippen molar-refractivity contribution in [3.05, 3.63) is 33.8 Å². The van der Waals surface area contributed by atoms with E-state index in [1.54, 1.807) is 6.08 Å². The first kappa shape index (κ1) is 9.18. The van der Waals surface area contributed by atoms with E-state index in [-0.39, 0.29) is 0 Å². The molecule has 0 bridgehead atoms. The largest absolute Gasteiger partial charge is 0.0979 e. The molecule has 0 saturated heterocycles. The molecule has 0 unspecified atom stereocenters. The summed E-state index contributed by atoms with van der Waals surface area (Å²) in [5.74, 6) is 0. The van der Waals surface area contributed by atoms with Gasteiger partial charge in [-0.05, 0) is 12.5 Å². The summed E-state index contributed by atoms with van der Waals surface area (Å²) in [5.41, 5.74) is 1.07. The van der Waals surface area contributed by atoms with E-state index >= 15 is 0 Å². The molecule has 0 aliphatic rings. The van der Waals surface area contributed by atoms with Gasteiger partial charge in [-0.1, -0.05) is 51.1 Å². The molecule has 0 radical (unpaired) electrons. The second-order valence-corrected chi connectivity index (χ2v) is 3.39. The Morgan fingerprint density at radius 2 is 1.89 bits per heavy atom. The highest BCUT2D eigenvalue weighted by Gasteiger charge is 1.94. The third kappa shape index (κ3) is 3.01. The van der Waals surface area contributed by atoms with Gasteiger partial charge in [0, 0.05) is 8.96 Å². The molecule has 0 aliphatic carbocycles. The maximum atomic E-state index is 3.71. The van der Waals surface area contributed by atoms with Crippen LogP contribution in [0.1, 0.15) is 6.92 Å². The van der Waals surface area contributed by atoms with Crippen molar-refractivity contribution in [2.75, 3.05) is 0 Å². The lowest BCUT2D eigenvalue weighted by molar-refractivity contribution is 1.51. The summed E-state index contributed by atoms with van der Waals surface area (Å²) >= 11 is 6.56. The third-order valence-electron chi connectivity index (χ3n) is 0.944. The van der Waals surface area contributed by atoms with Crippen molar-refractivity contribution in [3.63, 3.8) is 0 Å². The van der Waals surface area contributed by atoms with Crippen molar-refractivity contribution >= 4 is 31.9 Å². The third-order valence-corrected chi connectivity index (χ3v) is 2.46. The van der Waals surface area contributed by atoms with E-state index in [1.807, 2.05) is 6.92 Å². The van der Waals surface area contributed by atoms with Crippen LogP contribution in [0.15, 0.2) is 33.8 Å². The van der Waals surface area contributed by atoms with Gasteiger partial charge in [-0.2, -0.15) is 0 Å². The predicted octanol–water partition coefficient (Wildman–Crippen LogP) is 3.75. The van der Waals surface area contributed by atoms with Crippen LogP contribution >= 0.6 is 31.9 Å². The molecular weight excluding hydrogens is 244 g/mol. The summed E-state index contributed by atoms with van der Waals surface area (Å²) in [6.45, 7) is 9.26. The van der Waals surface area contributed by atoms with Gasteiger partial charge in [-0.25, -0.2) is 0 Å². The van der Waals surface area contributed by atoms with E-state index in [9.17, 15) is 0 Å². The Balaban J connectivity index is 4.47. The van der Waals surface area contributed by atoms with E-state index < -0.39 is 0 Å². The maximum Gasteiger partial charge on any atom is 0.0209 e. The molecule has 0 heterocycles. The highest BCUT2D eigenvalue weighted by atomic mass is 79.9. The Kier molecular flexibility index (Phi) is 4.15. The van der Waals surface area contributed by atoms with Crippen LogP contribution in [0.25, 0.3) is 0 Å². The highest BCUT2D eigenvalue weighted by Crippen LogP contribution is 2.22. The minimum absolute atomic E-state index is 0.884. The first-order valence-electron chi connectivity index (χ1n) is 2.43. The summed E-state index contributed by atoms with van der Waals surface area (Å²) in [6.07, 6.45) is 1.74. The summed E-state index contributed by atoms with van der Waals surface area (Å²) in [7, 11) is 0. The smallest absolute Gasteiger partial charge is 0.0209 e. The zero-order chi connectivity index (χ0) is 7.44. The lowest BCUT2D eigenvalue weighted by Crippen LogP contribution is -1.74. The quantitative estimate of drug-likeness (QED) is 0.656. The van der Waals surface area contributed by atoms with Gasteiger partial charge >= 0.3 is 0 Å². The molecule has 0 aliphatic heterocycles. The number of rotatable bonds is 2. The molecule has 2 heteroatoms. The van der Waals surface area contributed by atoms with Crippen molar-refractivity contribution in [3.8, 4) is 0 Å². The Morgan fingerprint density at radius 1 is 1.44 bits per heavy atom. The standard InChI is InChI=1S/C7H8Br2/c1-4-7(9)5(2)6(3)8/h4H,1,3H2,2H3/b7-5+. The second-order valence-electron chi connectivity index (χ2n) is 1.58. The molecule has 0 N–H and O–H groups in total. The van der Waals surface area contributed by atoms with Crippen LogP contribution in [0.4, 0.5) is 0 Å². The molecule has 0 nitrogen and oxygen atoms in total. The van der Waals surface area contributed by atoms with Crippen molar-refractivity contribution in [1.82, 2.24) is 0 Å². The monoisotopic (exact) mass is 250 g/mol. The van der Waals surface area contributed by atoms with Gasteiger partial charge < -0.3 is 0 Å². The fraction of sp³-hybridized carbons (Fsp3) is 0.143. The molecule has 0 aromatic rings. The van der Waals surface area contributed by atoms with Gasteiger partial charge in [0.05, 0.1) is 0 Å². The summed E-state index contributed by atoms with van der Waals surface area (Å²) < 4.78 is 1.86. The molecule has 0 saturated carbocycles. The molecule has 0 aromatic carbocycles. The van der Waals surface area contributed by atoms with Crippen LogP contribution in [0.2, 0.25) is 0 Å².